The van der Waals surface area contributed by atoms with Crippen LogP contribution in [0.3, 0.4) is 0 Å². The van der Waals surface area contributed by atoms with Crippen LogP contribution >= 0.6 is 11.3 Å². The first-order chi connectivity index (χ1) is 11.0. The molecule has 0 aliphatic rings. The molecule has 0 radical (unpaired) electrons. The minimum absolute atomic E-state index is 0.130. The summed E-state index contributed by atoms with van der Waals surface area (Å²) in [6.45, 7) is 0.163. The summed E-state index contributed by atoms with van der Waals surface area (Å²) in [6, 6.07) is 3.79. The third-order valence-electron chi connectivity index (χ3n) is 3.51. The summed E-state index contributed by atoms with van der Waals surface area (Å²) >= 11 is 1.52. The molecule has 0 saturated carbocycles. The summed E-state index contributed by atoms with van der Waals surface area (Å²) in [5.41, 5.74) is -0.355. The van der Waals surface area contributed by atoms with Gasteiger partial charge in [0.1, 0.15) is 11.3 Å². The smallest absolute Gasteiger partial charge is 0.332 e. The molecule has 0 saturated heterocycles. The highest BCUT2D eigenvalue weighted by molar-refractivity contribution is 7.10. The molecule has 2 N–H and O–H groups in total. The van der Waals surface area contributed by atoms with Gasteiger partial charge in [-0.15, -0.1) is 11.3 Å². The fourth-order valence-electron chi connectivity index (χ4n) is 2.27. The van der Waals surface area contributed by atoms with Crippen molar-refractivity contribution in [3.63, 3.8) is 0 Å². The average molecular weight is 333 g/mol. The molecule has 0 spiro atoms. The Labute approximate surface area is 134 Å². The molecule has 3 heterocycles. The van der Waals surface area contributed by atoms with Crippen LogP contribution in [-0.2, 0) is 31.9 Å². The first-order valence-electron chi connectivity index (χ1n) is 6.91. The first kappa shape index (κ1) is 15.2. The zero-order valence-corrected chi connectivity index (χ0v) is 13.4. The number of imidazole rings is 1. The molecule has 23 heavy (non-hydrogen) atoms. The molecule has 0 atom stereocenters. The van der Waals surface area contributed by atoms with Gasteiger partial charge in [0.15, 0.2) is 5.65 Å². The van der Waals surface area contributed by atoms with Crippen LogP contribution in [0.2, 0.25) is 0 Å². The number of H-pyrrole nitrogens is 1. The molecule has 8 nitrogen and oxygen atoms in total. The van der Waals surface area contributed by atoms with Gasteiger partial charge in [0.2, 0.25) is 5.91 Å². The van der Waals surface area contributed by atoms with Gasteiger partial charge in [-0.1, -0.05) is 6.07 Å². The predicted molar refractivity (Wildman–Crippen MR) is 86.4 cm³/mol. The number of carbonyl (C=O) groups excluding carboxylic acids is 1. The number of aromatic nitrogens is 4. The summed E-state index contributed by atoms with van der Waals surface area (Å²) in [7, 11) is 2.96. The minimum Gasteiger partial charge on any atom is -0.349 e. The third kappa shape index (κ3) is 2.82. The molecule has 3 aromatic rings. The summed E-state index contributed by atoms with van der Waals surface area (Å²) in [4.78, 5) is 43.9. The molecule has 0 fully saturated rings. The van der Waals surface area contributed by atoms with Crippen LogP contribution in [0.4, 0.5) is 0 Å². The molecule has 0 aliphatic heterocycles. The highest BCUT2D eigenvalue weighted by atomic mass is 32.1. The SMILES string of the molecule is Cn1c(=O)c2[nH]c(CNC(=O)Cc3cccs3)nc2n(C)c1=O. The maximum atomic E-state index is 12.1. The van der Waals surface area contributed by atoms with E-state index in [0.29, 0.717) is 12.2 Å². The van der Waals surface area contributed by atoms with E-state index in [9.17, 15) is 14.4 Å². The fraction of sp³-hybridized carbons (Fsp3) is 0.286. The first-order valence-corrected chi connectivity index (χ1v) is 7.79. The quantitative estimate of drug-likeness (QED) is 0.695. The summed E-state index contributed by atoms with van der Waals surface area (Å²) in [6.07, 6.45) is 0.304. The Balaban J connectivity index is 1.80. The average Bonchev–Trinajstić information content (AvgIpc) is 3.18. The number of thiophene rings is 1. The van der Waals surface area contributed by atoms with Gasteiger partial charge < -0.3 is 10.3 Å². The van der Waals surface area contributed by atoms with Crippen molar-refractivity contribution >= 4 is 28.4 Å². The van der Waals surface area contributed by atoms with Gasteiger partial charge in [0, 0.05) is 19.0 Å². The van der Waals surface area contributed by atoms with Gasteiger partial charge in [-0.2, -0.15) is 0 Å². The number of hydrogen-bond acceptors (Lipinski definition) is 5. The molecule has 0 unspecified atom stereocenters. The summed E-state index contributed by atoms with van der Waals surface area (Å²) in [5, 5.41) is 4.66. The van der Waals surface area contributed by atoms with Crippen LogP contribution in [0.15, 0.2) is 27.1 Å². The molecular formula is C14H15N5O3S. The van der Waals surface area contributed by atoms with Crippen molar-refractivity contribution in [2.75, 3.05) is 0 Å². The van der Waals surface area contributed by atoms with E-state index < -0.39 is 11.2 Å². The molecule has 1 amide bonds. The number of aryl methyl sites for hydroxylation is 1. The minimum atomic E-state index is -0.442. The van der Waals surface area contributed by atoms with Crippen molar-refractivity contribution in [3.8, 4) is 0 Å². The number of nitrogens with zero attached hydrogens (tertiary/aromatic N) is 3. The molecule has 0 aromatic carbocycles. The second-order valence-corrected chi connectivity index (χ2v) is 6.15. The van der Waals surface area contributed by atoms with E-state index in [1.54, 1.807) is 7.05 Å². The third-order valence-corrected chi connectivity index (χ3v) is 4.39. The van der Waals surface area contributed by atoms with E-state index in [0.717, 1.165) is 9.44 Å². The van der Waals surface area contributed by atoms with Crippen molar-refractivity contribution in [3.05, 3.63) is 49.1 Å². The Bertz CT molecular complexity index is 980. The second-order valence-electron chi connectivity index (χ2n) is 5.12. The lowest BCUT2D eigenvalue weighted by atomic mass is 10.3. The van der Waals surface area contributed by atoms with E-state index in [4.69, 9.17) is 0 Å². The molecule has 3 aromatic heterocycles. The van der Waals surface area contributed by atoms with Gasteiger partial charge in [-0.25, -0.2) is 9.78 Å². The zero-order chi connectivity index (χ0) is 16.6. The standard InChI is InChI=1S/C14H15N5O3S/c1-18-12-11(13(21)19(2)14(18)22)16-9(17-12)7-15-10(20)6-8-4-3-5-23-8/h3-5H,6-7H2,1-2H3,(H,15,20)(H,16,17). The van der Waals surface area contributed by atoms with Crippen LogP contribution in [0.5, 0.6) is 0 Å². The number of fused-ring (bicyclic) bond motifs is 1. The normalized spacial score (nSPS) is 11.0. The van der Waals surface area contributed by atoms with Gasteiger partial charge in [-0.3, -0.25) is 18.7 Å². The van der Waals surface area contributed by atoms with E-state index in [1.165, 1.54) is 23.0 Å². The van der Waals surface area contributed by atoms with E-state index >= 15 is 0 Å². The summed E-state index contributed by atoms with van der Waals surface area (Å²) < 4.78 is 2.31. The Kier molecular flexibility index (Phi) is 3.87. The number of hydrogen-bond donors (Lipinski definition) is 2. The highest BCUT2D eigenvalue weighted by Crippen LogP contribution is 2.09. The maximum Gasteiger partial charge on any atom is 0.332 e. The molecule has 0 aliphatic carbocycles. The molecular weight excluding hydrogens is 318 g/mol. The van der Waals surface area contributed by atoms with Crippen molar-refractivity contribution in [2.24, 2.45) is 14.1 Å². The number of amides is 1. The van der Waals surface area contributed by atoms with Crippen LogP contribution in [0.1, 0.15) is 10.7 Å². The lowest BCUT2D eigenvalue weighted by Gasteiger charge is -2.01. The molecule has 0 bridgehead atoms. The Morgan fingerprint density at radius 2 is 2.13 bits per heavy atom. The lowest BCUT2D eigenvalue weighted by Crippen LogP contribution is -2.36. The van der Waals surface area contributed by atoms with Crippen molar-refractivity contribution in [2.45, 2.75) is 13.0 Å². The van der Waals surface area contributed by atoms with E-state index in [2.05, 4.69) is 15.3 Å². The van der Waals surface area contributed by atoms with Gasteiger partial charge in [0.05, 0.1) is 13.0 Å². The Morgan fingerprint density at radius 1 is 1.35 bits per heavy atom. The number of nitrogens with one attached hydrogen (secondary N) is 2. The van der Waals surface area contributed by atoms with E-state index in [1.807, 2.05) is 17.5 Å². The van der Waals surface area contributed by atoms with Crippen LogP contribution in [-0.4, -0.2) is 25.0 Å². The van der Waals surface area contributed by atoms with Crippen molar-refractivity contribution in [1.29, 1.82) is 0 Å². The van der Waals surface area contributed by atoms with E-state index in [-0.39, 0.29) is 23.6 Å². The van der Waals surface area contributed by atoms with Gasteiger partial charge in [-0.05, 0) is 11.4 Å². The van der Waals surface area contributed by atoms with Crippen molar-refractivity contribution < 1.29 is 4.79 Å². The highest BCUT2D eigenvalue weighted by Gasteiger charge is 2.13. The zero-order valence-electron chi connectivity index (χ0n) is 12.6. The Hall–Kier alpha value is -2.68. The predicted octanol–water partition coefficient (Wildman–Crippen LogP) is -0.119. The molecule has 9 heteroatoms. The van der Waals surface area contributed by atoms with Gasteiger partial charge >= 0.3 is 5.69 Å². The maximum absolute atomic E-state index is 12.1. The molecule has 120 valence electrons. The summed E-state index contributed by atoms with van der Waals surface area (Å²) in [5.74, 6) is 0.299. The largest absolute Gasteiger partial charge is 0.349 e. The number of aromatic amines is 1. The van der Waals surface area contributed by atoms with Gasteiger partial charge in [0.25, 0.3) is 5.56 Å². The molecule has 3 rings (SSSR count). The lowest BCUT2D eigenvalue weighted by molar-refractivity contribution is -0.120. The monoisotopic (exact) mass is 333 g/mol. The second kappa shape index (κ2) is 5.84. The van der Waals surface area contributed by atoms with Crippen LogP contribution in [0, 0.1) is 0 Å². The Morgan fingerprint density at radius 3 is 2.83 bits per heavy atom. The van der Waals surface area contributed by atoms with Crippen molar-refractivity contribution in [1.82, 2.24) is 24.4 Å². The number of rotatable bonds is 4. The van der Waals surface area contributed by atoms with Crippen LogP contribution in [0.25, 0.3) is 11.2 Å². The number of carbonyl (C=O) groups is 1. The fourth-order valence-corrected chi connectivity index (χ4v) is 2.98. The topological polar surface area (TPSA) is 102 Å². The van der Waals surface area contributed by atoms with Crippen LogP contribution < -0.4 is 16.6 Å².